The van der Waals surface area contributed by atoms with Crippen LogP contribution >= 0.6 is 0 Å². The minimum Gasteiger partial charge on any atom is -0.390 e. The third-order valence-corrected chi connectivity index (χ3v) is 6.79. The van der Waals surface area contributed by atoms with Gasteiger partial charge in [0.15, 0.2) is 35.4 Å². The number of hydrogen-bond acceptors (Lipinski definition) is 15. The molecule has 196 valence electrons. The molecule has 17 nitrogen and oxygen atoms in total. The monoisotopic (exact) mass is 516 g/mol. The highest BCUT2D eigenvalue weighted by Crippen LogP contribution is 2.37. The first-order chi connectivity index (χ1) is 17.8. The van der Waals surface area contributed by atoms with Gasteiger partial charge in [0.25, 0.3) is 0 Å². The summed E-state index contributed by atoms with van der Waals surface area (Å²) in [5, 5.41) is 53.5. The molecular formula is C20H24N10O7. The molecule has 37 heavy (non-hydrogen) atoms. The van der Waals surface area contributed by atoms with E-state index in [1.54, 1.807) is 0 Å². The van der Waals surface area contributed by atoms with Crippen molar-refractivity contribution in [1.82, 2.24) is 39.0 Å². The number of nitrogens with zero attached hydrogens (tertiary/aromatic N) is 8. The minimum atomic E-state index is -1.49. The van der Waals surface area contributed by atoms with E-state index in [0.29, 0.717) is 16.7 Å². The molecule has 0 aliphatic carbocycles. The Labute approximate surface area is 207 Å². The highest BCUT2D eigenvalue weighted by atomic mass is 16.6. The Morgan fingerprint density at radius 2 is 1.24 bits per heavy atom. The average Bonchev–Trinajstić information content (AvgIpc) is 3.63. The van der Waals surface area contributed by atoms with Gasteiger partial charge in [0, 0.05) is 6.42 Å². The number of fused-ring (bicyclic) bond motifs is 2. The van der Waals surface area contributed by atoms with Crippen LogP contribution in [-0.4, -0.2) is 107 Å². The lowest BCUT2D eigenvalue weighted by atomic mass is 9.98. The van der Waals surface area contributed by atoms with Crippen LogP contribution < -0.4 is 11.5 Å². The Morgan fingerprint density at radius 3 is 1.81 bits per heavy atom. The first-order valence-electron chi connectivity index (χ1n) is 11.3. The molecule has 9 atom stereocenters. The third kappa shape index (κ3) is 3.67. The molecule has 0 aromatic carbocycles. The van der Waals surface area contributed by atoms with Gasteiger partial charge >= 0.3 is 0 Å². The van der Waals surface area contributed by atoms with Gasteiger partial charge < -0.3 is 46.5 Å². The molecular weight excluding hydrogens is 492 g/mol. The van der Waals surface area contributed by atoms with Crippen LogP contribution in [0.5, 0.6) is 0 Å². The van der Waals surface area contributed by atoms with Crippen molar-refractivity contribution in [2.24, 2.45) is 0 Å². The number of nitrogen functional groups attached to an aromatic ring is 2. The summed E-state index contributed by atoms with van der Waals surface area (Å²) in [7, 11) is 0. The second-order valence-corrected chi connectivity index (χ2v) is 8.99. The molecule has 9 N–H and O–H groups in total. The fourth-order valence-electron chi connectivity index (χ4n) is 4.87. The van der Waals surface area contributed by atoms with Crippen molar-refractivity contribution in [2.45, 2.75) is 61.6 Å². The summed E-state index contributed by atoms with van der Waals surface area (Å²) in [5.74, 6) is 0.276. The highest BCUT2D eigenvalue weighted by molar-refractivity contribution is 5.81. The lowest BCUT2D eigenvalue weighted by Crippen LogP contribution is -2.42. The Hall–Kier alpha value is -3.58. The molecule has 0 spiro atoms. The zero-order valence-electron chi connectivity index (χ0n) is 19.0. The predicted octanol–water partition coefficient (Wildman–Crippen LogP) is -3.18. The maximum absolute atomic E-state index is 10.9. The molecule has 2 aliphatic heterocycles. The van der Waals surface area contributed by atoms with Crippen LogP contribution in [0.2, 0.25) is 0 Å². The van der Waals surface area contributed by atoms with E-state index in [1.807, 2.05) is 0 Å². The second kappa shape index (κ2) is 8.77. The zero-order chi connectivity index (χ0) is 26.0. The van der Waals surface area contributed by atoms with Crippen molar-refractivity contribution < 1.29 is 35.0 Å². The van der Waals surface area contributed by atoms with E-state index in [-0.39, 0.29) is 23.7 Å². The molecule has 4 aromatic heterocycles. The van der Waals surface area contributed by atoms with E-state index in [2.05, 4.69) is 29.9 Å². The number of rotatable bonds is 5. The zero-order valence-corrected chi connectivity index (χ0v) is 19.0. The van der Waals surface area contributed by atoms with Gasteiger partial charge in [-0.25, -0.2) is 29.9 Å². The van der Waals surface area contributed by atoms with E-state index in [0.717, 1.165) is 0 Å². The van der Waals surface area contributed by atoms with Gasteiger partial charge in [0.2, 0.25) is 0 Å². The van der Waals surface area contributed by atoms with Crippen LogP contribution in [0.3, 0.4) is 0 Å². The number of aliphatic hydroxyl groups excluding tert-OH is 5. The molecule has 17 heteroatoms. The Balaban J connectivity index is 1.19. The second-order valence-electron chi connectivity index (χ2n) is 8.99. The van der Waals surface area contributed by atoms with Crippen LogP contribution in [0, 0.1) is 0 Å². The van der Waals surface area contributed by atoms with Gasteiger partial charge in [0.1, 0.15) is 54.2 Å². The van der Waals surface area contributed by atoms with E-state index in [9.17, 15) is 25.5 Å². The SMILES string of the molecule is Nc1ncnc2c1ncn2[C@@H]1O[C@H](C(O)C[C@H]2O[C@@H](n3cnc4c(N)ncnc43)[C@H](O)[C@@H]2O)[C@@H](O)[C@H]1O. The number of aromatic nitrogens is 8. The summed E-state index contributed by atoms with van der Waals surface area (Å²) in [6.07, 6.45) is -6.73. The number of anilines is 2. The minimum absolute atomic E-state index is 0.133. The topological polar surface area (TPSA) is 259 Å². The van der Waals surface area contributed by atoms with E-state index >= 15 is 0 Å². The summed E-state index contributed by atoms with van der Waals surface area (Å²) in [6.45, 7) is 0. The predicted molar refractivity (Wildman–Crippen MR) is 122 cm³/mol. The van der Waals surface area contributed by atoms with Gasteiger partial charge in [-0.1, -0.05) is 0 Å². The largest absolute Gasteiger partial charge is 0.390 e. The Bertz CT molecular complexity index is 1450. The number of aliphatic hydroxyl groups is 5. The van der Waals surface area contributed by atoms with Crippen molar-refractivity contribution >= 4 is 34.0 Å². The summed E-state index contributed by atoms with van der Waals surface area (Å²) in [4.78, 5) is 24.2. The van der Waals surface area contributed by atoms with Crippen molar-refractivity contribution in [1.29, 1.82) is 0 Å². The molecule has 2 aliphatic rings. The van der Waals surface area contributed by atoms with Crippen LogP contribution in [0.25, 0.3) is 22.3 Å². The van der Waals surface area contributed by atoms with Gasteiger partial charge in [-0.15, -0.1) is 0 Å². The van der Waals surface area contributed by atoms with E-state index < -0.39 is 55.2 Å². The fourth-order valence-corrected chi connectivity index (χ4v) is 4.87. The van der Waals surface area contributed by atoms with Gasteiger partial charge in [0.05, 0.1) is 24.9 Å². The van der Waals surface area contributed by atoms with Crippen LogP contribution in [0.1, 0.15) is 18.9 Å². The Morgan fingerprint density at radius 1 is 0.730 bits per heavy atom. The highest BCUT2D eigenvalue weighted by Gasteiger charge is 2.50. The summed E-state index contributed by atoms with van der Waals surface area (Å²) in [6, 6.07) is 0. The van der Waals surface area contributed by atoms with Crippen LogP contribution in [-0.2, 0) is 9.47 Å². The summed E-state index contributed by atoms with van der Waals surface area (Å²) in [5.41, 5.74) is 12.8. The lowest BCUT2D eigenvalue weighted by Gasteiger charge is -2.24. The first-order valence-corrected chi connectivity index (χ1v) is 11.3. The van der Waals surface area contributed by atoms with Crippen LogP contribution in [0.4, 0.5) is 11.6 Å². The molecule has 6 heterocycles. The summed E-state index contributed by atoms with van der Waals surface area (Å²) < 4.78 is 14.5. The van der Waals surface area contributed by atoms with Gasteiger partial charge in [-0.2, -0.15) is 0 Å². The average molecular weight is 516 g/mol. The number of nitrogens with two attached hydrogens (primary N) is 2. The number of imidazole rings is 2. The smallest absolute Gasteiger partial charge is 0.167 e. The molecule has 0 radical (unpaired) electrons. The first kappa shape index (κ1) is 23.8. The number of ether oxygens (including phenoxy) is 2. The fraction of sp³-hybridized carbons (Fsp3) is 0.500. The molecule has 2 saturated heterocycles. The van der Waals surface area contributed by atoms with Gasteiger partial charge in [-0.05, 0) is 0 Å². The van der Waals surface area contributed by atoms with Gasteiger partial charge in [-0.3, -0.25) is 9.13 Å². The quantitative estimate of drug-likeness (QED) is 0.138. The molecule has 4 aromatic rings. The summed E-state index contributed by atoms with van der Waals surface area (Å²) >= 11 is 0. The standard InChI is InChI=1S/C20H24N10O7/c21-15-8-17(25-2-23-15)29(4-27-8)19-12(34)10(32)7(36-19)1-6(31)14-11(33)13(35)20(37-14)30-5-28-9-16(22)24-3-26-18(9)30/h2-7,10-14,19-20,31-35H,1H2,(H2,21,23,25)(H2,22,24,26)/t6?,7-,10-,11+,12-,13-,14-,19-,20-/m1/s1. The molecule has 0 saturated carbocycles. The van der Waals surface area contributed by atoms with Crippen LogP contribution in [0.15, 0.2) is 25.3 Å². The molecule has 1 unspecified atom stereocenters. The Kier molecular flexibility index (Phi) is 5.64. The molecule has 6 rings (SSSR count). The van der Waals surface area contributed by atoms with E-state index in [4.69, 9.17) is 20.9 Å². The molecule has 0 amide bonds. The number of hydrogen-bond donors (Lipinski definition) is 7. The van der Waals surface area contributed by atoms with Crippen molar-refractivity contribution in [3.63, 3.8) is 0 Å². The molecule has 0 bridgehead atoms. The van der Waals surface area contributed by atoms with Crippen molar-refractivity contribution in [2.75, 3.05) is 11.5 Å². The normalized spacial score (nSPS) is 33.0. The lowest BCUT2D eigenvalue weighted by molar-refractivity contribution is -0.108. The molecule has 2 fully saturated rings. The van der Waals surface area contributed by atoms with Crippen molar-refractivity contribution in [3.05, 3.63) is 25.3 Å². The maximum Gasteiger partial charge on any atom is 0.167 e. The maximum atomic E-state index is 10.9. The van der Waals surface area contributed by atoms with E-state index in [1.165, 1.54) is 34.4 Å². The third-order valence-electron chi connectivity index (χ3n) is 6.79. The van der Waals surface area contributed by atoms with Crippen molar-refractivity contribution in [3.8, 4) is 0 Å².